The Morgan fingerprint density at radius 2 is 1.93 bits per heavy atom. The largest absolute Gasteiger partial charge is 0.357 e. The summed E-state index contributed by atoms with van der Waals surface area (Å²) in [7, 11) is 0. The third-order valence-electron chi connectivity index (χ3n) is 2.28. The van der Waals surface area contributed by atoms with Crippen LogP contribution in [0.25, 0.3) is 0 Å². The molecule has 1 rings (SSSR count). The zero-order chi connectivity index (χ0) is 11.1. The molecular weight excluding hydrogens is 208 g/mol. The molecule has 0 spiro atoms. The maximum Gasteiger partial charge on any atom is 0.128 e. The van der Waals surface area contributed by atoms with E-state index in [1.165, 1.54) is 0 Å². The molecule has 0 unspecified atom stereocenters. The Labute approximate surface area is 97.3 Å². The van der Waals surface area contributed by atoms with Gasteiger partial charge in [-0.15, -0.1) is 11.6 Å². The minimum Gasteiger partial charge on any atom is -0.357 e. The lowest BCUT2D eigenvalue weighted by Crippen LogP contribution is -2.25. The van der Waals surface area contributed by atoms with Crippen molar-refractivity contribution in [2.24, 2.45) is 0 Å². The van der Waals surface area contributed by atoms with Crippen molar-refractivity contribution >= 4 is 17.4 Å². The number of halogens is 1. The van der Waals surface area contributed by atoms with E-state index in [4.69, 9.17) is 11.6 Å². The third kappa shape index (κ3) is 3.71. The van der Waals surface area contributed by atoms with Crippen LogP contribution >= 0.6 is 11.6 Å². The van der Waals surface area contributed by atoms with Crippen molar-refractivity contribution in [2.45, 2.75) is 32.6 Å². The first-order chi connectivity index (χ1) is 7.31. The van der Waals surface area contributed by atoms with Crippen molar-refractivity contribution in [1.82, 2.24) is 4.98 Å². The highest BCUT2D eigenvalue weighted by molar-refractivity contribution is 6.17. The second-order valence-corrected chi connectivity index (χ2v) is 3.91. The Hall–Kier alpha value is -0.760. The smallest absolute Gasteiger partial charge is 0.128 e. The molecule has 84 valence electrons. The summed E-state index contributed by atoms with van der Waals surface area (Å²) in [6.07, 6.45) is 4.13. The first-order valence-corrected chi connectivity index (χ1v) is 6.11. The van der Waals surface area contributed by atoms with Gasteiger partial charge in [-0.1, -0.05) is 13.8 Å². The molecule has 0 aliphatic heterocycles. The first-order valence-electron chi connectivity index (χ1n) is 5.57. The average Bonchev–Trinajstić information content (AvgIpc) is 2.29. The summed E-state index contributed by atoms with van der Waals surface area (Å²) in [5, 5.41) is 0. The lowest BCUT2D eigenvalue weighted by molar-refractivity contribution is 0.734. The topological polar surface area (TPSA) is 16.1 Å². The fourth-order valence-corrected chi connectivity index (χ4v) is 1.76. The zero-order valence-corrected chi connectivity index (χ0v) is 10.3. The summed E-state index contributed by atoms with van der Waals surface area (Å²) >= 11 is 5.81. The molecule has 0 fully saturated rings. The van der Waals surface area contributed by atoms with Crippen LogP contribution in [-0.4, -0.2) is 18.1 Å². The van der Waals surface area contributed by atoms with Gasteiger partial charge in [-0.25, -0.2) is 4.98 Å². The minimum atomic E-state index is 0.557. The Balaban J connectivity index is 2.79. The molecule has 1 aromatic heterocycles. The number of hydrogen-bond acceptors (Lipinski definition) is 2. The molecule has 0 saturated heterocycles. The molecule has 0 radical (unpaired) electrons. The van der Waals surface area contributed by atoms with Crippen LogP contribution in [0.2, 0.25) is 0 Å². The van der Waals surface area contributed by atoms with Gasteiger partial charge in [0, 0.05) is 25.2 Å². The van der Waals surface area contributed by atoms with Crippen molar-refractivity contribution in [3.05, 3.63) is 23.9 Å². The van der Waals surface area contributed by atoms with Crippen molar-refractivity contribution in [3.63, 3.8) is 0 Å². The van der Waals surface area contributed by atoms with Crippen LogP contribution in [0.15, 0.2) is 18.3 Å². The maximum absolute atomic E-state index is 5.81. The molecular formula is C12H19ClN2. The molecule has 1 aromatic rings. The summed E-state index contributed by atoms with van der Waals surface area (Å²) in [4.78, 5) is 6.71. The van der Waals surface area contributed by atoms with Gasteiger partial charge in [-0.05, 0) is 30.5 Å². The molecule has 0 amide bonds. The summed E-state index contributed by atoms with van der Waals surface area (Å²) in [6.45, 7) is 6.50. The summed E-state index contributed by atoms with van der Waals surface area (Å²) in [5.41, 5.74) is 1.14. The second-order valence-electron chi connectivity index (χ2n) is 3.64. The molecule has 3 heteroatoms. The molecule has 0 saturated carbocycles. The highest BCUT2D eigenvalue weighted by Gasteiger charge is 2.05. The lowest BCUT2D eigenvalue weighted by Gasteiger charge is -2.22. The van der Waals surface area contributed by atoms with Crippen molar-refractivity contribution in [2.75, 3.05) is 18.0 Å². The highest BCUT2D eigenvalue weighted by Crippen LogP contribution is 2.14. The van der Waals surface area contributed by atoms with Crippen LogP contribution in [-0.2, 0) is 5.88 Å². The van der Waals surface area contributed by atoms with Gasteiger partial charge >= 0.3 is 0 Å². The van der Waals surface area contributed by atoms with E-state index >= 15 is 0 Å². The van der Waals surface area contributed by atoms with E-state index in [0.29, 0.717) is 5.88 Å². The average molecular weight is 227 g/mol. The Kier molecular flexibility index (Phi) is 5.48. The summed E-state index contributed by atoms with van der Waals surface area (Å²) in [5.74, 6) is 1.61. The van der Waals surface area contributed by atoms with Crippen LogP contribution in [0.1, 0.15) is 32.3 Å². The Bertz CT molecular complexity index is 283. The molecule has 0 bridgehead atoms. The second kappa shape index (κ2) is 6.67. The Morgan fingerprint density at radius 1 is 1.27 bits per heavy atom. The fraction of sp³-hybridized carbons (Fsp3) is 0.583. The van der Waals surface area contributed by atoms with Gasteiger partial charge in [0.05, 0.1) is 0 Å². The molecule has 0 atom stereocenters. The van der Waals surface area contributed by atoms with Gasteiger partial charge in [-0.3, -0.25) is 0 Å². The van der Waals surface area contributed by atoms with E-state index < -0.39 is 0 Å². The quantitative estimate of drug-likeness (QED) is 0.691. The first kappa shape index (κ1) is 12.3. The van der Waals surface area contributed by atoms with E-state index in [1.54, 1.807) is 0 Å². The minimum absolute atomic E-state index is 0.557. The number of hydrogen-bond donors (Lipinski definition) is 0. The predicted molar refractivity (Wildman–Crippen MR) is 66.6 cm³/mol. The van der Waals surface area contributed by atoms with Crippen LogP contribution in [0, 0.1) is 0 Å². The van der Waals surface area contributed by atoms with Gasteiger partial charge in [0.15, 0.2) is 0 Å². The standard InChI is InChI=1S/C12H19ClN2/c1-3-7-15(8-4-2)12-9-11(10-13)5-6-14-12/h5-6,9H,3-4,7-8,10H2,1-2H3. The monoisotopic (exact) mass is 226 g/mol. The molecule has 0 N–H and O–H groups in total. The van der Waals surface area contributed by atoms with E-state index in [9.17, 15) is 0 Å². The van der Waals surface area contributed by atoms with E-state index in [0.717, 1.165) is 37.3 Å². The SMILES string of the molecule is CCCN(CCC)c1cc(CCl)ccn1. The van der Waals surface area contributed by atoms with Crippen LogP contribution in [0.4, 0.5) is 5.82 Å². The Morgan fingerprint density at radius 3 is 2.47 bits per heavy atom. The predicted octanol–water partition coefficient (Wildman–Crippen LogP) is 3.45. The lowest BCUT2D eigenvalue weighted by atomic mass is 10.2. The third-order valence-corrected chi connectivity index (χ3v) is 2.58. The summed E-state index contributed by atoms with van der Waals surface area (Å²) < 4.78 is 0. The highest BCUT2D eigenvalue weighted by atomic mass is 35.5. The van der Waals surface area contributed by atoms with Gasteiger partial charge < -0.3 is 4.90 Å². The van der Waals surface area contributed by atoms with E-state index in [1.807, 2.05) is 12.3 Å². The number of pyridine rings is 1. The van der Waals surface area contributed by atoms with Crippen molar-refractivity contribution in [3.8, 4) is 0 Å². The number of rotatable bonds is 6. The van der Waals surface area contributed by atoms with Gasteiger partial charge in [0.25, 0.3) is 0 Å². The van der Waals surface area contributed by atoms with Crippen molar-refractivity contribution in [1.29, 1.82) is 0 Å². The number of alkyl halides is 1. The van der Waals surface area contributed by atoms with Gasteiger partial charge in [-0.2, -0.15) is 0 Å². The molecule has 15 heavy (non-hydrogen) atoms. The molecule has 0 aliphatic carbocycles. The van der Waals surface area contributed by atoms with Crippen LogP contribution in [0.3, 0.4) is 0 Å². The zero-order valence-electron chi connectivity index (χ0n) is 9.54. The molecule has 0 aliphatic rings. The van der Waals surface area contributed by atoms with E-state index in [-0.39, 0.29) is 0 Å². The molecule has 1 heterocycles. The normalized spacial score (nSPS) is 10.3. The van der Waals surface area contributed by atoms with Crippen LogP contribution < -0.4 is 4.90 Å². The van der Waals surface area contributed by atoms with Gasteiger partial charge in [0.2, 0.25) is 0 Å². The number of anilines is 1. The number of nitrogens with zero attached hydrogens (tertiary/aromatic N) is 2. The molecule has 2 nitrogen and oxygen atoms in total. The van der Waals surface area contributed by atoms with Crippen molar-refractivity contribution < 1.29 is 0 Å². The fourth-order valence-electron chi connectivity index (χ4n) is 1.60. The number of aromatic nitrogens is 1. The maximum atomic E-state index is 5.81. The van der Waals surface area contributed by atoms with E-state index in [2.05, 4.69) is 29.8 Å². The van der Waals surface area contributed by atoms with Crippen LogP contribution in [0.5, 0.6) is 0 Å². The summed E-state index contributed by atoms with van der Waals surface area (Å²) in [6, 6.07) is 4.05. The molecule has 0 aromatic carbocycles. The van der Waals surface area contributed by atoms with Gasteiger partial charge in [0.1, 0.15) is 5.82 Å².